The van der Waals surface area contributed by atoms with E-state index < -0.39 is 0 Å². The topological polar surface area (TPSA) is 29.3 Å². The van der Waals surface area contributed by atoms with Crippen molar-refractivity contribution in [1.29, 1.82) is 0 Å². The van der Waals surface area contributed by atoms with Crippen LogP contribution in [0.2, 0.25) is 0 Å². The second-order valence-electron chi connectivity index (χ2n) is 4.76. The molecule has 0 aliphatic rings. The molecule has 18 heavy (non-hydrogen) atoms. The molecule has 2 nitrogen and oxygen atoms in total. The van der Waals surface area contributed by atoms with E-state index in [0.29, 0.717) is 0 Å². The zero-order valence-electron chi connectivity index (χ0n) is 11.1. The van der Waals surface area contributed by atoms with Crippen LogP contribution in [0.15, 0.2) is 48.5 Å². The predicted molar refractivity (Wildman–Crippen MR) is 79.0 cm³/mol. The van der Waals surface area contributed by atoms with Crippen molar-refractivity contribution in [2.24, 2.45) is 0 Å². The third-order valence-electron chi connectivity index (χ3n) is 3.10. The highest BCUT2D eigenvalue weighted by Gasteiger charge is 2.03. The molecule has 0 spiro atoms. The molecule has 0 bridgehead atoms. The summed E-state index contributed by atoms with van der Waals surface area (Å²) in [5.41, 5.74) is 10.5. The first-order chi connectivity index (χ1) is 8.65. The molecule has 0 saturated heterocycles. The SMILES string of the molecule is Cc1cc(N)cc(N(C)CCc2ccccc2)c1. The first kappa shape index (κ1) is 12.5. The minimum absolute atomic E-state index is 0.830. The molecule has 0 amide bonds. The fourth-order valence-corrected chi connectivity index (χ4v) is 2.08. The molecule has 0 aliphatic heterocycles. The van der Waals surface area contributed by atoms with Crippen molar-refractivity contribution in [3.05, 3.63) is 59.7 Å². The Morgan fingerprint density at radius 1 is 1.06 bits per heavy atom. The molecule has 2 aromatic rings. The average Bonchev–Trinajstić information content (AvgIpc) is 2.36. The molecular formula is C16H20N2. The van der Waals surface area contributed by atoms with E-state index in [0.717, 1.165) is 18.7 Å². The number of hydrogen-bond acceptors (Lipinski definition) is 2. The van der Waals surface area contributed by atoms with Crippen LogP contribution >= 0.6 is 0 Å². The lowest BCUT2D eigenvalue weighted by atomic mass is 10.1. The number of likely N-dealkylation sites (N-methyl/N-ethyl adjacent to an activating group) is 1. The minimum atomic E-state index is 0.830. The Hall–Kier alpha value is -1.96. The van der Waals surface area contributed by atoms with Crippen LogP contribution < -0.4 is 10.6 Å². The number of nitrogens with two attached hydrogens (primary N) is 1. The summed E-state index contributed by atoms with van der Waals surface area (Å²) < 4.78 is 0. The van der Waals surface area contributed by atoms with Crippen molar-refractivity contribution in [2.45, 2.75) is 13.3 Å². The van der Waals surface area contributed by atoms with E-state index in [1.807, 2.05) is 12.1 Å². The predicted octanol–water partition coefficient (Wildman–Crippen LogP) is 3.26. The number of anilines is 2. The fraction of sp³-hybridized carbons (Fsp3) is 0.250. The van der Waals surface area contributed by atoms with Crippen molar-refractivity contribution in [3.63, 3.8) is 0 Å². The van der Waals surface area contributed by atoms with Gasteiger partial charge in [-0.2, -0.15) is 0 Å². The van der Waals surface area contributed by atoms with E-state index in [9.17, 15) is 0 Å². The number of nitrogen functional groups attached to an aromatic ring is 1. The molecule has 0 fully saturated rings. The quantitative estimate of drug-likeness (QED) is 0.831. The van der Waals surface area contributed by atoms with Crippen molar-refractivity contribution in [3.8, 4) is 0 Å². The molecule has 0 saturated carbocycles. The van der Waals surface area contributed by atoms with Gasteiger partial charge in [0.2, 0.25) is 0 Å². The molecule has 0 aliphatic carbocycles. The molecule has 2 heteroatoms. The zero-order valence-corrected chi connectivity index (χ0v) is 11.1. The van der Waals surface area contributed by atoms with E-state index in [-0.39, 0.29) is 0 Å². The molecule has 0 aromatic heterocycles. The standard InChI is InChI=1S/C16H20N2/c1-13-10-15(17)12-16(11-13)18(2)9-8-14-6-4-3-5-7-14/h3-7,10-12H,8-9,17H2,1-2H3. The molecular weight excluding hydrogens is 220 g/mol. The van der Waals surface area contributed by atoms with Crippen LogP contribution in [0.4, 0.5) is 11.4 Å². The van der Waals surface area contributed by atoms with Gasteiger partial charge in [0.1, 0.15) is 0 Å². The smallest absolute Gasteiger partial charge is 0.0387 e. The fourth-order valence-electron chi connectivity index (χ4n) is 2.08. The molecule has 2 rings (SSSR count). The largest absolute Gasteiger partial charge is 0.399 e. The summed E-state index contributed by atoms with van der Waals surface area (Å²) in [6.07, 6.45) is 1.05. The average molecular weight is 240 g/mol. The normalized spacial score (nSPS) is 10.3. The van der Waals surface area contributed by atoms with Crippen molar-refractivity contribution < 1.29 is 0 Å². The molecule has 0 atom stereocenters. The highest BCUT2D eigenvalue weighted by atomic mass is 15.1. The van der Waals surface area contributed by atoms with E-state index in [2.05, 4.69) is 55.3 Å². The van der Waals surface area contributed by atoms with E-state index in [1.54, 1.807) is 0 Å². The maximum atomic E-state index is 5.88. The molecule has 2 N–H and O–H groups in total. The second kappa shape index (κ2) is 5.58. The van der Waals surface area contributed by atoms with Crippen LogP contribution in [0.3, 0.4) is 0 Å². The van der Waals surface area contributed by atoms with Gasteiger partial charge in [-0.25, -0.2) is 0 Å². The van der Waals surface area contributed by atoms with Crippen LogP contribution in [-0.2, 0) is 6.42 Å². The summed E-state index contributed by atoms with van der Waals surface area (Å²) >= 11 is 0. The van der Waals surface area contributed by atoms with Gasteiger partial charge in [-0.05, 0) is 42.7 Å². The number of hydrogen-bond donors (Lipinski definition) is 1. The van der Waals surface area contributed by atoms with Crippen molar-refractivity contribution in [1.82, 2.24) is 0 Å². The molecule has 0 radical (unpaired) electrons. The lowest BCUT2D eigenvalue weighted by Crippen LogP contribution is -2.20. The summed E-state index contributed by atoms with van der Waals surface area (Å²) in [6.45, 7) is 3.07. The van der Waals surface area contributed by atoms with E-state index in [4.69, 9.17) is 5.73 Å². The van der Waals surface area contributed by atoms with E-state index >= 15 is 0 Å². The third kappa shape index (κ3) is 3.27. The van der Waals surface area contributed by atoms with Gasteiger partial charge in [0.05, 0.1) is 0 Å². The van der Waals surface area contributed by atoms with Gasteiger partial charge in [-0.3, -0.25) is 0 Å². The third-order valence-corrected chi connectivity index (χ3v) is 3.10. The monoisotopic (exact) mass is 240 g/mol. The lowest BCUT2D eigenvalue weighted by molar-refractivity contribution is 0.876. The maximum Gasteiger partial charge on any atom is 0.0387 e. The van der Waals surface area contributed by atoms with E-state index in [1.165, 1.54) is 16.8 Å². The molecule has 94 valence electrons. The highest BCUT2D eigenvalue weighted by Crippen LogP contribution is 2.19. The first-order valence-electron chi connectivity index (χ1n) is 6.27. The van der Waals surface area contributed by atoms with Gasteiger partial charge in [-0.1, -0.05) is 30.3 Å². The van der Waals surface area contributed by atoms with Crippen LogP contribution in [0.5, 0.6) is 0 Å². The Morgan fingerprint density at radius 2 is 1.78 bits per heavy atom. The second-order valence-corrected chi connectivity index (χ2v) is 4.76. The Balaban J connectivity index is 2.01. The molecule has 0 unspecified atom stereocenters. The Bertz CT molecular complexity index is 486. The first-order valence-corrected chi connectivity index (χ1v) is 6.27. The van der Waals surface area contributed by atoms with Gasteiger partial charge >= 0.3 is 0 Å². The summed E-state index contributed by atoms with van der Waals surface area (Å²) in [5, 5.41) is 0. The molecule has 2 aromatic carbocycles. The Kier molecular flexibility index (Phi) is 3.88. The number of nitrogens with zero attached hydrogens (tertiary/aromatic N) is 1. The Morgan fingerprint density at radius 3 is 2.44 bits per heavy atom. The van der Waals surface area contributed by atoms with Gasteiger partial charge in [-0.15, -0.1) is 0 Å². The van der Waals surface area contributed by atoms with Gasteiger partial charge in [0, 0.05) is 25.0 Å². The van der Waals surface area contributed by atoms with Crippen LogP contribution in [0.1, 0.15) is 11.1 Å². The number of rotatable bonds is 4. The maximum absolute atomic E-state index is 5.88. The van der Waals surface area contributed by atoms with Gasteiger partial charge < -0.3 is 10.6 Å². The van der Waals surface area contributed by atoms with Crippen molar-refractivity contribution in [2.75, 3.05) is 24.2 Å². The number of aryl methyl sites for hydroxylation is 1. The molecule has 0 heterocycles. The van der Waals surface area contributed by atoms with Gasteiger partial charge in [0.15, 0.2) is 0 Å². The van der Waals surface area contributed by atoms with Crippen molar-refractivity contribution >= 4 is 11.4 Å². The van der Waals surface area contributed by atoms with Crippen LogP contribution in [0.25, 0.3) is 0 Å². The summed E-state index contributed by atoms with van der Waals surface area (Å²) in [4.78, 5) is 2.25. The minimum Gasteiger partial charge on any atom is -0.399 e. The van der Waals surface area contributed by atoms with Crippen LogP contribution in [-0.4, -0.2) is 13.6 Å². The van der Waals surface area contributed by atoms with Crippen LogP contribution in [0, 0.1) is 6.92 Å². The van der Waals surface area contributed by atoms with Gasteiger partial charge in [0.25, 0.3) is 0 Å². The summed E-state index contributed by atoms with van der Waals surface area (Å²) in [5.74, 6) is 0. The zero-order chi connectivity index (χ0) is 13.0. The summed E-state index contributed by atoms with van der Waals surface area (Å²) in [6, 6.07) is 16.7. The number of benzene rings is 2. The summed E-state index contributed by atoms with van der Waals surface area (Å²) in [7, 11) is 2.11. The highest BCUT2D eigenvalue weighted by molar-refractivity contribution is 5.58. The Labute approximate surface area is 109 Å². The lowest BCUT2D eigenvalue weighted by Gasteiger charge is -2.20.